The largest absolute Gasteiger partial charge is 0.493 e. The standard InChI is InChI=1S/C31H41ClN6O4/c1-4-5-6-15-42-27-16-24(7-8-26(27)41-3)37-14-11-21(2)38(31(37)40)18-22-9-13-34-30-29(22)25(32)19-36(30)20-28(39)35-23-10-12-33-17-23/h7-9,13,16,19,21,23,33H,4-6,10-12,14-15,17-18,20H2,1-3H3,(H,35,39). The van der Waals surface area contributed by atoms with Crippen LogP contribution in [0.4, 0.5) is 10.5 Å². The summed E-state index contributed by atoms with van der Waals surface area (Å²) in [5, 5.41) is 7.61. The SMILES string of the molecule is CCCCCOc1cc(N2CCC(C)N(Cc3ccnc4c3c(Cl)cn4CC(=O)NC3CCNC3)C2=O)ccc1OC. The van der Waals surface area contributed by atoms with Gasteiger partial charge in [0.05, 0.1) is 18.7 Å². The van der Waals surface area contributed by atoms with E-state index in [-0.39, 0.29) is 30.6 Å². The molecule has 2 aliphatic rings. The number of ether oxygens (including phenoxy) is 2. The number of unbranched alkanes of at least 4 members (excludes halogenated alkanes) is 2. The highest BCUT2D eigenvalue weighted by molar-refractivity contribution is 6.35. The lowest BCUT2D eigenvalue weighted by atomic mass is 10.1. The summed E-state index contributed by atoms with van der Waals surface area (Å²) in [4.78, 5) is 34.9. The third kappa shape index (κ3) is 6.60. The molecule has 2 fully saturated rings. The molecule has 2 N–H and O–H groups in total. The van der Waals surface area contributed by atoms with Crippen LogP contribution in [0.1, 0.15) is 51.5 Å². The number of rotatable bonds is 12. The van der Waals surface area contributed by atoms with Gasteiger partial charge in [-0.1, -0.05) is 31.4 Å². The van der Waals surface area contributed by atoms with Gasteiger partial charge in [-0.05, 0) is 56.5 Å². The molecule has 2 unspecified atom stereocenters. The quantitative estimate of drug-likeness (QED) is 0.287. The molecule has 11 heteroatoms. The molecule has 226 valence electrons. The molecule has 2 saturated heterocycles. The van der Waals surface area contributed by atoms with Crippen molar-refractivity contribution in [3.8, 4) is 11.5 Å². The van der Waals surface area contributed by atoms with Gasteiger partial charge in [-0.25, -0.2) is 9.78 Å². The molecule has 0 radical (unpaired) electrons. The fourth-order valence-electron chi connectivity index (χ4n) is 5.73. The molecule has 0 spiro atoms. The van der Waals surface area contributed by atoms with Gasteiger partial charge in [-0.3, -0.25) is 9.69 Å². The van der Waals surface area contributed by atoms with Gasteiger partial charge in [-0.15, -0.1) is 0 Å². The number of methoxy groups -OCH3 is 1. The van der Waals surface area contributed by atoms with Crippen LogP contribution < -0.4 is 25.0 Å². The number of nitrogens with zero attached hydrogens (tertiary/aromatic N) is 4. The van der Waals surface area contributed by atoms with Crippen molar-refractivity contribution in [2.24, 2.45) is 0 Å². The van der Waals surface area contributed by atoms with Gasteiger partial charge in [0.2, 0.25) is 5.91 Å². The zero-order valence-corrected chi connectivity index (χ0v) is 25.5. The first-order valence-electron chi connectivity index (χ1n) is 14.9. The zero-order valence-electron chi connectivity index (χ0n) is 24.7. The van der Waals surface area contributed by atoms with Crippen LogP contribution in [0, 0.1) is 0 Å². The Morgan fingerprint density at radius 3 is 2.83 bits per heavy atom. The summed E-state index contributed by atoms with van der Waals surface area (Å²) >= 11 is 6.72. The van der Waals surface area contributed by atoms with Crippen LogP contribution >= 0.6 is 11.6 Å². The smallest absolute Gasteiger partial charge is 0.325 e. The maximum Gasteiger partial charge on any atom is 0.325 e. The highest BCUT2D eigenvalue weighted by Gasteiger charge is 2.33. The zero-order chi connectivity index (χ0) is 29.6. The highest BCUT2D eigenvalue weighted by atomic mass is 35.5. The molecule has 42 heavy (non-hydrogen) atoms. The van der Waals surface area contributed by atoms with Crippen LogP contribution in [0.3, 0.4) is 0 Å². The summed E-state index contributed by atoms with van der Waals surface area (Å²) in [5.41, 5.74) is 2.29. The molecule has 2 aliphatic heterocycles. The number of carbonyl (C=O) groups is 2. The molecule has 4 heterocycles. The van der Waals surface area contributed by atoms with Crippen molar-refractivity contribution in [2.75, 3.05) is 38.3 Å². The molecular formula is C31H41ClN6O4. The van der Waals surface area contributed by atoms with E-state index in [0.29, 0.717) is 41.9 Å². The van der Waals surface area contributed by atoms with E-state index in [9.17, 15) is 9.59 Å². The first kappa shape index (κ1) is 30.0. The normalized spacial score (nSPS) is 19.0. The molecule has 5 rings (SSSR count). The first-order valence-corrected chi connectivity index (χ1v) is 15.3. The lowest BCUT2D eigenvalue weighted by Crippen LogP contribution is -2.53. The van der Waals surface area contributed by atoms with Crippen molar-refractivity contribution in [3.05, 3.63) is 47.2 Å². The molecule has 3 aromatic rings. The number of amides is 3. The Morgan fingerprint density at radius 1 is 1.21 bits per heavy atom. The van der Waals surface area contributed by atoms with Crippen molar-refractivity contribution in [3.63, 3.8) is 0 Å². The molecule has 2 atom stereocenters. The monoisotopic (exact) mass is 596 g/mol. The minimum Gasteiger partial charge on any atom is -0.493 e. The molecule has 1 aromatic carbocycles. The summed E-state index contributed by atoms with van der Waals surface area (Å²) in [6.07, 6.45) is 8.37. The van der Waals surface area contributed by atoms with E-state index >= 15 is 0 Å². The Labute approximate surface area is 252 Å². The number of hydrogen-bond donors (Lipinski definition) is 2. The van der Waals surface area contributed by atoms with Crippen LogP contribution in [0.5, 0.6) is 11.5 Å². The molecule has 10 nitrogen and oxygen atoms in total. The average Bonchev–Trinajstić information content (AvgIpc) is 3.61. The second-order valence-electron chi connectivity index (χ2n) is 11.1. The first-order chi connectivity index (χ1) is 20.4. The third-order valence-corrected chi connectivity index (χ3v) is 8.41. The van der Waals surface area contributed by atoms with Crippen LogP contribution in [-0.4, -0.2) is 71.8 Å². The number of pyridine rings is 1. The minimum absolute atomic E-state index is 0.0339. The number of hydrogen-bond acceptors (Lipinski definition) is 6. The molecule has 3 amide bonds. The molecule has 2 aromatic heterocycles. The van der Waals surface area contributed by atoms with Crippen LogP contribution in [0.25, 0.3) is 11.0 Å². The van der Waals surface area contributed by atoms with Gasteiger partial charge < -0.3 is 29.6 Å². The topological polar surface area (TPSA) is 101 Å². The van der Waals surface area contributed by atoms with Crippen molar-refractivity contribution in [1.82, 2.24) is 25.1 Å². The number of anilines is 1. The Bertz CT molecular complexity index is 1410. The number of halogens is 1. The fraction of sp³-hybridized carbons (Fsp3) is 0.516. The fourth-order valence-corrected chi connectivity index (χ4v) is 6.05. The van der Waals surface area contributed by atoms with E-state index in [1.54, 1.807) is 29.0 Å². The predicted octanol–water partition coefficient (Wildman–Crippen LogP) is 4.97. The van der Waals surface area contributed by atoms with Gasteiger partial charge >= 0.3 is 6.03 Å². The van der Waals surface area contributed by atoms with Crippen LogP contribution in [-0.2, 0) is 17.9 Å². The molecule has 0 saturated carbocycles. The Morgan fingerprint density at radius 2 is 2.07 bits per heavy atom. The molecular weight excluding hydrogens is 556 g/mol. The van der Waals surface area contributed by atoms with Gasteiger partial charge in [0, 0.05) is 61.3 Å². The number of nitrogens with one attached hydrogen (secondary N) is 2. The number of carbonyl (C=O) groups excluding carboxylic acids is 2. The average molecular weight is 597 g/mol. The van der Waals surface area contributed by atoms with Gasteiger partial charge in [0.15, 0.2) is 11.5 Å². The van der Waals surface area contributed by atoms with Crippen molar-refractivity contribution in [2.45, 2.75) is 71.1 Å². The van der Waals surface area contributed by atoms with Crippen molar-refractivity contribution in [1.29, 1.82) is 0 Å². The van der Waals surface area contributed by atoms with Crippen LogP contribution in [0.2, 0.25) is 5.02 Å². The Hall–Kier alpha value is -3.50. The number of benzene rings is 1. The summed E-state index contributed by atoms with van der Waals surface area (Å²) in [7, 11) is 1.62. The van der Waals surface area contributed by atoms with Gasteiger partial charge in [-0.2, -0.15) is 0 Å². The highest BCUT2D eigenvalue weighted by Crippen LogP contribution is 2.35. The summed E-state index contributed by atoms with van der Waals surface area (Å²) in [6.45, 7) is 7.62. The predicted molar refractivity (Wildman–Crippen MR) is 165 cm³/mol. The third-order valence-electron chi connectivity index (χ3n) is 8.12. The maximum atomic E-state index is 13.9. The maximum absolute atomic E-state index is 13.9. The van der Waals surface area contributed by atoms with E-state index in [1.165, 1.54) is 0 Å². The lowest BCUT2D eigenvalue weighted by Gasteiger charge is -2.40. The van der Waals surface area contributed by atoms with Gasteiger partial charge in [0.25, 0.3) is 0 Å². The van der Waals surface area contributed by atoms with E-state index in [1.807, 2.05) is 29.2 Å². The Kier molecular flexibility index (Phi) is 9.74. The van der Waals surface area contributed by atoms with Crippen LogP contribution in [0.15, 0.2) is 36.7 Å². The molecule has 0 aliphatic carbocycles. The number of urea groups is 1. The van der Waals surface area contributed by atoms with E-state index < -0.39 is 0 Å². The van der Waals surface area contributed by atoms with Crippen molar-refractivity contribution < 1.29 is 19.1 Å². The summed E-state index contributed by atoms with van der Waals surface area (Å²) < 4.78 is 13.3. The second kappa shape index (κ2) is 13.6. The van der Waals surface area contributed by atoms with Crippen molar-refractivity contribution >= 4 is 40.3 Å². The van der Waals surface area contributed by atoms with E-state index in [4.69, 9.17) is 21.1 Å². The second-order valence-corrected chi connectivity index (χ2v) is 11.5. The Balaban J connectivity index is 1.34. The van der Waals surface area contributed by atoms with E-state index in [2.05, 4.69) is 29.5 Å². The summed E-state index contributed by atoms with van der Waals surface area (Å²) in [5.74, 6) is 1.21. The summed E-state index contributed by atoms with van der Waals surface area (Å²) in [6, 6.07) is 7.64. The lowest BCUT2D eigenvalue weighted by molar-refractivity contribution is -0.122. The number of fused-ring (bicyclic) bond motifs is 1. The minimum atomic E-state index is -0.0825. The number of aromatic nitrogens is 2. The van der Waals surface area contributed by atoms with Gasteiger partial charge in [0.1, 0.15) is 12.2 Å². The molecule has 0 bridgehead atoms. The van der Waals surface area contributed by atoms with E-state index in [0.717, 1.165) is 61.8 Å².